The minimum absolute atomic E-state index is 0.439. The maximum Gasteiger partial charge on any atom is 0.274 e. The molecule has 2 heterocycles. The van der Waals surface area contributed by atoms with Gasteiger partial charge in [-0.1, -0.05) is 6.07 Å². The highest BCUT2D eigenvalue weighted by Crippen LogP contribution is 2.16. The third kappa shape index (κ3) is 10.6. The van der Waals surface area contributed by atoms with E-state index < -0.39 is 4.92 Å². The first-order valence-corrected chi connectivity index (χ1v) is 11.9. The summed E-state index contributed by atoms with van der Waals surface area (Å²) in [5.41, 5.74) is 1.17. The van der Waals surface area contributed by atoms with Gasteiger partial charge in [0.2, 0.25) is 0 Å². The van der Waals surface area contributed by atoms with E-state index >= 15 is 0 Å². The fourth-order valence-corrected chi connectivity index (χ4v) is 4.06. The molecule has 0 aliphatic carbocycles. The van der Waals surface area contributed by atoms with Gasteiger partial charge in [0.15, 0.2) is 5.82 Å². The summed E-state index contributed by atoms with van der Waals surface area (Å²) in [7, 11) is 4.01. The van der Waals surface area contributed by atoms with Crippen LogP contribution >= 0.6 is 23.5 Å². The third-order valence-electron chi connectivity index (χ3n) is 3.78. The summed E-state index contributed by atoms with van der Waals surface area (Å²) in [4.78, 5) is 16.6. The molecule has 0 unspecified atom stereocenters. The molecule has 0 amide bonds. The molecule has 0 atom stereocenters. The maximum atomic E-state index is 10.9. The average Bonchev–Trinajstić information content (AvgIpc) is 3.14. The molecule has 8 nitrogen and oxygen atoms in total. The summed E-state index contributed by atoms with van der Waals surface area (Å²) in [5, 5.41) is 17.1. The molecule has 0 bridgehead atoms. The van der Waals surface area contributed by atoms with Crippen LogP contribution in [0.1, 0.15) is 17.1 Å². The SMILES string of the molecule is CN(C)Cc1ccc(CSCCNC(=C[N+](=O)[O-])NCCSCc2cccnc2)o1. The predicted octanol–water partition coefficient (Wildman–Crippen LogP) is 3.16. The second kappa shape index (κ2) is 13.9. The molecular formula is C20H29N5O3S2. The van der Waals surface area contributed by atoms with Gasteiger partial charge in [0.25, 0.3) is 6.20 Å². The van der Waals surface area contributed by atoms with Gasteiger partial charge >= 0.3 is 0 Å². The second-order valence-corrected chi connectivity index (χ2v) is 8.96. The van der Waals surface area contributed by atoms with Crippen molar-refractivity contribution >= 4 is 23.5 Å². The lowest BCUT2D eigenvalue weighted by Crippen LogP contribution is -2.30. The molecule has 2 rings (SSSR count). The normalized spacial score (nSPS) is 11.6. The second-order valence-electron chi connectivity index (χ2n) is 6.75. The van der Waals surface area contributed by atoms with Crippen LogP contribution < -0.4 is 10.6 Å². The standard InChI is InChI=1S/C20H29N5O3S2/c1-24(2)13-18-5-6-19(28-18)16-30-11-9-23-20(14-25(26)27)22-8-10-29-15-17-4-3-7-21-12-17/h3-7,12,14,22-23H,8-11,13,15-16H2,1-2H3. The van der Waals surface area contributed by atoms with E-state index in [2.05, 4.69) is 20.5 Å². The van der Waals surface area contributed by atoms with Crippen LogP contribution in [0.2, 0.25) is 0 Å². The Labute approximate surface area is 186 Å². The van der Waals surface area contributed by atoms with Crippen molar-refractivity contribution in [1.29, 1.82) is 0 Å². The molecule has 10 heteroatoms. The van der Waals surface area contributed by atoms with Crippen molar-refractivity contribution in [1.82, 2.24) is 20.5 Å². The van der Waals surface area contributed by atoms with Crippen molar-refractivity contribution in [3.05, 3.63) is 75.9 Å². The van der Waals surface area contributed by atoms with Crippen LogP contribution in [-0.4, -0.2) is 53.5 Å². The van der Waals surface area contributed by atoms with E-state index in [0.29, 0.717) is 18.9 Å². The Bertz CT molecular complexity index is 784. The van der Waals surface area contributed by atoms with Crippen LogP contribution in [0.4, 0.5) is 0 Å². The van der Waals surface area contributed by atoms with E-state index in [-0.39, 0.29) is 0 Å². The number of thioether (sulfide) groups is 2. The van der Waals surface area contributed by atoms with Gasteiger partial charge in [0, 0.05) is 42.7 Å². The van der Waals surface area contributed by atoms with Crippen LogP contribution in [0, 0.1) is 10.1 Å². The van der Waals surface area contributed by atoms with Gasteiger partial charge in [-0.05, 0) is 37.9 Å². The number of hydrogen-bond donors (Lipinski definition) is 2. The smallest absolute Gasteiger partial charge is 0.274 e. The Morgan fingerprint density at radius 1 is 1.17 bits per heavy atom. The summed E-state index contributed by atoms with van der Waals surface area (Å²) in [6.45, 7) is 2.06. The van der Waals surface area contributed by atoms with Gasteiger partial charge < -0.3 is 20.0 Å². The van der Waals surface area contributed by atoms with Crippen molar-refractivity contribution in [3.63, 3.8) is 0 Å². The van der Waals surface area contributed by atoms with E-state index in [4.69, 9.17) is 4.42 Å². The summed E-state index contributed by atoms with van der Waals surface area (Å²) in [6.07, 6.45) is 4.59. The quantitative estimate of drug-likeness (QED) is 0.240. The van der Waals surface area contributed by atoms with Crippen molar-refractivity contribution in [2.24, 2.45) is 0 Å². The molecule has 0 spiro atoms. The molecule has 0 aliphatic heterocycles. The molecular weight excluding hydrogens is 422 g/mol. The molecule has 0 radical (unpaired) electrons. The van der Waals surface area contributed by atoms with Crippen LogP contribution in [0.25, 0.3) is 0 Å². The average molecular weight is 452 g/mol. The molecule has 2 aromatic heterocycles. The largest absolute Gasteiger partial charge is 0.464 e. The maximum absolute atomic E-state index is 10.9. The summed E-state index contributed by atoms with van der Waals surface area (Å²) < 4.78 is 5.78. The highest BCUT2D eigenvalue weighted by atomic mass is 32.2. The molecule has 2 aromatic rings. The van der Waals surface area contributed by atoms with Crippen molar-refractivity contribution in [3.8, 4) is 0 Å². The third-order valence-corrected chi connectivity index (χ3v) is 5.80. The molecule has 0 aromatic carbocycles. The van der Waals surface area contributed by atoms with Crippen LogP contribution in [0.15, 0.2) is 53.1 Å². The predicted molar refractivity (Wildman–Crippen MR) is 124 cm³/mol. The molecule has 0 aliphatic rings. The number of nitrogens with one attached hydrogen (secondary N) is 2. The molecule has 0 fully saturated rings. The molecule has 2 N–H and O–H groups in total. The van der Waals surface area contributed by atoms with Gasteiger partial charge in [-0.3, -0.25) is 15.1 Å². The molecule has 0 saturated heterocycles. The Hall–Kier alpha value is -2.17. The van der Waals surface area contributed by atoms with Gasteiger partial charge in [-0.15, -0.1) is 0 Å². The minimum Gasteiger partial charge on any atom is -0.464 e. The zero-order valence-electron chi connectivity index (χ0n) is 17.4. The lowest BCUT2D eigenvalue weighted by molar-refractivity contribution is -0.404. The van der Waals surface area contributed by atoms with Crippen molar-refractivity contribution in [2.45, 2.75) is 18.1 Å². The topological polar surface area (TPSA) is 96.5 Å². The van der Waals surface area contributed by atoms with Gasteiger partial charge in [0.1, 0.15) is 11.5 Å². The minimum atomic E-state index is -0.444. The Balaban J connectivity index is 1.61. The Kier molecular flexibility index (Phi) is 11.2. The highest BCUT2D eigenvalue weighted by Gasteiger charge is 2.05. The zero-order valence-corrected chi connectivity index (χ0v) is 19.0. The Morgan fingerprint density at radius 3 is 2.50 bits per heavy atom. The van der Waals surface area contributed by atoms with Gasteiger partial charge in [-0.2, -0.15) is 23.5 Å². The molecule has 164 valence electrons. The van der Waals surface area contributed by atoms with E-state index in [1.54, 1.807) is 29.7 Å². The fraction of sp³-hybridized carbons (Fsp3) is 0.450. The highest BCUT2D eigenvalue weighted by molar-refractivity contribution is 7.98. The van der Waals surface area contributed by atoms with E-state index in [0.717, 1.165) is 47.3 Å². The fourth-order valence-electron chi connectivity index (χ4n) is 2.52. The number of hydrogen-bond acceptors (Lipinski definition) is 9. The first kappa shape index (κ1) is 24.1. The first-order chi connectivity index (χ1) is 14.5. The van der Waals surface area contributed by atoms with E-state index in [1.807, 2.05) is 44.6 Å². The first-order valence-electron chi connectivity index (χ1n) is 9.62. The lowest BCUT2D eigenvalue weighted by Gasteiger charge is -2.11. The number of furan rings is 1. The summed E-state index contributed by atoms with van der Waals surface area (Å²) >= 11 is 3.48. The van der Waals surface area contributed by atoms with Crippen LogP contribution in [0.5, 0.6) is 0 Å². The molecule has 30 heavy (non-hydrogen) atoms. The van der Waals surface area contributed by atoms with Gasteiger partial charge in [0.05, 0.1) is 17.2 Å². The number of nitrogens with zero attached hydrogens (tertiary/aromatic N) is 3. The summed E-state index contributed by atoms with van der Waals surface area (Å²) in [6, 6.07) is 7.96. The van der Waals surface area contributed by atoms with Gasteiger partial charge in [-0.25, -0.2) is 0 Å². The summed E-state index contributed by atoms with van der Waals surface area (Å²) in [5.74, 6) is 5.65. The number of rotatable bonds is 15. The number of nitro groups is 1. The number of pyridine rings is 1. The van der Waals surface area contributed by atoms with Crippen molar-refractivity contribution in [2.75, 3.05) is 38.7 Å². The lowest BCUT2D eigenvalue weighted by atomic mass is 10.3. The monoisotopic (exact) mass is 451 g/mol. The van der Waals surface area contributed by atoms with E-state index in [1.165, 1.54) is 5.56 Å². The van der Waals surface area contributed by atoms with E-state index in [9.17, 15) is 10.1 Å². The molecule has 0 saturated carbocycles. The Morgan fingerprint density at radius 2 is 1.87 bits per heavy atom. The zero-order chi connectivity index (χ0) is 21.6. The number of aromatic nitrogens is 1. The van der Waals surface area contributed by atoms with Crippen LogP contribution in [-0.2, 0) is 18.1 Å². The van der Waals surface area contributed by atoms with Crippen LogP contribution in [0.3, 0.4) is 0 Å². The van der Waals surface area contributed by atoms with Crippen molar-refractivity contribution < 1.29 is 9.34 Å².